The number of rotatable bonds is 3. The van der Waals surface area contributed by atoms with Gasteiger partial charge < -0.3 is 4.74 Å². The number of esters is 1. The molecule has 1 unspecified atom stereocenters. The number of hydrogen-bond donors (Lipinski definition) is 0. The number of aryl methyl sites for hydroxylation is 2. The first-order valence-corrected chi connectivity index (χ1v) is 7.77. The minimum atomic E-state index is -0.405. The minimum Gasteiger partial charge on any atom is -0.468 e. The first kappa shape index (κ1) is 15.1. The van der Waals surface area contributed by atoms with Crippen LogP contribution in [0.25, 0.3) is 10.2 Å². The summed E-state index contributed by atoms with van der Waals surface area (Å²) in [7, 11) is 3.02. The van der Waals surface area contributed by atoms with E-state index in [2.05, 4.69) is 4.98 Å². The molecule has 5 nitrogen and oxygen atoms in total. The third-order valence-electron chi connectivity index (χ3n) is 3.18. The second kappa shape index (κ2) is 5.57. The van der Waals surface area contributed by atoms with Crippen LogP contribution in [0.15, 0.2) is 9.95 Å². The van der Waals surface area contributed by atoms with Crippen molar-refractivity contribution in [3.63, 3.8) is 0 Å². The van der Waals surface area contributed by atoms with Gasteiger partial charge >= 0.3 is 5.97 Å². The molecule has 7 heteroatoms. The van der Waals surface area contributed by atoms with Crippen LogP contribution < -0.4 is 5.56 Å². The van der Waals surface area contributed by atoms with Gasteiger partial charge in [0.1, 0.15) is 10.1 Å². The normalized spacial score (nSPS) is 12.7. The lowest BCUT2D eigenvalue weighted by Crippen LogP contribution is -2.22. The Balaban J connectivity index is 2.53. The van der Waals surface area contributed by atoms with Gasteiger partial charge in [0.25, 0.3) is 5.56 Å². The Hall–Kier alpha value is -1.34. The van der Waals surface area contributed by atoms with Gasteiger partial charge in [-0.05, 0) is 26.3 Å². The van der Waals surface area contributed by atoms with Gasteiger partial charge in [-0.2, -0.15) is 0 Å². The van der Waals surface area contributed by atoms with Crippen molar-refractivity contribution in [1.82, 2.24) is 9.55 Å². The number of ether oxygens (including phenoxy) is 1. The van der Waals surface area contributed by atoms with Crippen molar-refractivity contribution in [3.8, 4) is 0 Å². The van der Waals surface area contributed by atoms with Crippen molar-refractivity contribution in [2.75, 3.05) is 7.11 Å². The van der Waals surface area contributed by atoms with Gasteiger partial charge in [-0.15, -0.1) is 11.3 Å². The number of carbonyl (C=O) groups is 1. The van der Waals surface area contributed by atoms with E-state index in [1.54, 1.807) is 14.0 Å². The Kier molecular flexibility index (Phi) is 4.19. The molecule has 0 spiro atoms. The topological polar surface area (TPSA) is 61.2 Å². The zero-order valence-electron chi connectivity index (χ0n) is 12.0. The molecule has 2 heterocycles. The number of aromatic nitrogens is 2. The number of thioether (sulfide) groups is 1. The maximum atomic E-state index is 12.4. The van der Waals surface area contributed by atoms with Crippen molar-refractivity contribution >= 4 is 39.3 Å². The van der Waals surface area contributed by atoms with Crippen LogP contribution in [0.5, 0.6) is 0 Å². The van der Waals surface area contributed by atoms with Crippen LogP contribution in [0.1, 0.15) is 17.4 Å². The average Bonchev–Trinajstić information content (AvgIpc) is 2.70. The fraction of sp³-hybridized carbons (Fsp3) is 0.462. The maximum Gasteiger partial charge on any atom is 0.318 e. The summed E-state index contributed by atoms with van der Waals surface area (Å²) in [6.45, 7) is 5.64. The summed E-state index contributed by atoms with van der Waals surface area (Å²) >= 11 is 2.73. The molecular formula is C13H16N2O3S2. The maximum absolute atomic E-state index is 12.4. The molecule has 0 saturated carbocycles. The molecule has 2 rings (SSSR count). The molecule has 20 heavy (non-hydrogen) atoms. The molecule has 0 fully saturated rings. The quantitative estimate of drug-likeness (QED) is 0.494. The van der Waals surface area contributed by atoms with Crippen molar-refractivity contribution in [3.05, 3.63) is 20.8 Å². The summed E-state index contributed by atoms with van der Waals surface area (Å²) in [5.41, 5.74) is 0.909. The van der Waals surface area contributed by atoms with Crippen molar-refractivity contribution in [1.29, 1.82) is 0 Å². The third kappa shape index (κ3) is 2.47. The van der Waals surface area contributed by atoms with Gasteiger partial charge in [0, 0.05) is 11.9 Å². The SMILES string of the molecule is COC(=O)C(C)Sc1nc2sc(C)c(C)c2c(=O)n1C. The lowest BCUT2D eigenvalue weighted by molar-refractivity contribution is -0.139. The summed E-state index contributed by atoms with van der Waals surface area (Å²) in [6, 6.07) is 0. The highest BCUT2D eigenvalue weighted by Crippen LogP contribution is 2.29. The van der Waals surface area contributed by atoms with Crippen LogP contribution in [-0.4, -0.2) is 27.9 Å². The number of hydrogen-bond acceptors (Lipinski definition) is 6. The monoisotopic (exact) mass is 312 g/mol. The van der Waals surface area contributed by atoms with Gasteiger partial charge in [-0.3, -0.25) is 14.2 Å². The fourth-order valence-corrected chi connectivity index (χ4v) is 3.80. The lowest BCUT2D eigenvalue weighted by atomic mass is 10.2. The number of carbonyl (C=O) groups excluding carboxylic acids is 1. The van der Waals surface area contributed by atoms with Gasteiger partial charge in [-0.1, -0.05) is 11.8 Å². The first-order chi connectivity index (χ1) is 9.36. The van der Waals surface area contributed by atoms with E-state index in [1.165, 1.54) is 34.8 Å². The minimum absolute atomic E-state index is 0.0728. The highest BCUT2D eigenvalue weighted by atomic mass is 32.2. The van der Waals surface area contributed by atoms with Crippen molar-refractivity contribution in [2.24, 2.45) is 7.05 Å². The molecule has 0 aliphatic heterocycles. The van der Waals surface area contributed by atoms with E-state index in [0.29, 0.717) is 10.5 Å². The molecule has 2 aromatic rings. The summed E-state index contributed by atoms with van der Waals surface area (Å²) in [5, 5.41) is 0.796. The fourth-order valence-electron chi connectivity index (χ4n) is 1.83. The van der Waals surface area contributed by atoms with Crippen molar-refractivity contribution < 1.29 is 9.53 Å². The summed E-state index contributed by atoms with van der Waals surface area (Å²) in [4.78, 5) is 30.2. The number of nitrogens with zero attached hydrogens (tertiary/aromatic N) is 2. The molecule has 0 N–H and O–H groups in total. The predicted molar refractivity (Wildman–Crippen MR) is 81.7 cm³/mol. The second-order valence-electron chi connectivity index (χ2n) is 4.51. The largest absolute Gasteiger partial charge is 0.468 e. The standard InChI is InChI=1S/C13H16N2O3S2/c1-6-7(2)19-10-9(6)11(16)15(4)13(14-10)20-8(3)12(17)18-5/h8H,1-5H3. The molecule has 0 radical (unpaired) electrons. The van der Waals surface area contributed by atoms with Gasteiger partial charge in [0.2, 0.25) is 0 Å². The highest BCUT2D eigenvalue weighted by molar-refractivity contribution is 8.00. The molecule has 108 valence electrons. The molecule has 0 saturated heterocycles. The van der Waals surface area contributed by atoms with Crippen LogP contribution in [0.4, 0.5) is 0 Å². The first-order valence-electron chi connectivity index (χ1n) is 6.08. The Bertz CT molecular complexity index is 733. The third-order valence-corrected chi connectivity index (χ3v) is 5.41. The molecule has 0 bridgehead atoms. The summed E-state index contributed by atoms with van der Waals surface area (Å²) in [6.07, 6.45) is 0. The van der Waals surface area contributed by atoms with Crippen LogP contribution in [0, 0.1) is 13.8 Å². The van der Waals surface area contributed by atoms with E-state index in [0.717, 1.165) is 15.3 Å². The second-order valence-corrected chi connectivity index (χ2v) is 7.02. The smallest absolute Gasteiger partial charge is 0.318 e. The molecular weight excluding hydrogens is 296 g/mol. The number of methoxy groups -OCH3 is 1. The summed E-state index contributed by atoms with van der Waals surface area (Å²) in [5.74, 6) is -0.331. The summed E-state index contributed by atoms with van der Waals surface area (Å²) < 4.78 is 6.18. The van der Waals surface area contributed by atoms with Gasteiger partial charge in [-0.25, -0.2) is 4.98 Å². The van der Waals surface area contributed by atoms with Crippen LogP contribution >= 0.6 is 23.1 Å². The highest BCUT2D eigenvalue weighted by Gasteiger charge is 2.20. The molecule has 1 atom stereocenters. The molecule has 0 aliphatic carbocycles. The Morgan fingerprint density at radius 2 is 2.10 bits per heavy atom. The Labute approximate surface area is 125 Å². The van der Waals surface area contributed by atoms with Gasteiger partial charge in [0.15, 0.2) is 5.16 Å². The molecule has 0 aliphatic rings. The van der Waals surface area contributed by atoms with Crippen LogP contribution in [0.3, 0.4) is 0 Å². The Morgan fingerprint density at radius 1 is 1.45 bits per heavy atom. The number of fused-ring (bicyclic) bond motifs is 1. The lowest BCUT2D eigenvalue weighted by Gasteiger charge is -2.11. The van der Waals surface area contributed by atoms with E-state index in [-0.39, 0.29) is 11.5 Å². The van der Waals surface area contributed by atoms with E-state index in [4.69, 9.17) is 4.74 Å². The van der Waals surface area contributed by atoms with Crippen LogP contribution in [-0.2, 0) is 16.6 Å². The van der Waals surface area contributed by atoms with Crippen LogP contribution in [0.2, 0.25) is 0 Å². The van der Waals surface area contributed by atoms with Gasteiger partial charge in [0.05, 0.1) is 12.5 Å². The van der Waals surface area contributed by atoms with E-state index < -0.39 is 5.25 Å². The number of thiophene rings is 1. The van der Waals surface area contributed by atoms with E-state index in [1.807, 2.05) is 13.8 Å². The Morgan fingerprint density at radius 3 is 2.70 bits per heavy atom. The predicted octanol–water partition coefficient (Wildman–Crippen LogP) is 2.27. The van der Waals surface area contributed by atoms with Crippen molar-refractivity contribution in [2.45, 2.75) is 31.2 Å². The molecule has 0 amide bonds. The zero-order chi connectivity index (χ0) is 15.0. The zero-order valence-corrected chi connectivity index (χ0v) is 13.6. The molecule has 2 aromatic heterocycles. The average molecular weight is 312 g/mol. The van der Waals surface area contributed by atoms with E-state index in [9.17, 15) is 9.59 Å². The van der Waals surface area contributed by atoms with E-state index >= 15 is 0 Å². The molecule has 0 aromatic carbocycles.